The fourth-order valence-corrected chi connectivity index (χ4v) is 2.61. The molecule has 3 nitrogen and oxygen atoms in total. The van der Waals surface area contributed by atoms with Crippen LogP contribution in [0.2, 0.25) is 0 Å². The van der Waals surface area contributed by atoms with Gasteiger partial charge in [0, 0.05) is 12.6 Å². The van der Waals surface area contributed by atoms with Crippen molar-refractivity contribution in [1.82, 2.24) is 4.90 Å². The Bertz CT molecular complexity index is 218. The standard InChI is InChI=1S/C12H23NO2/c1-9-5-4-6-11(10(9)2)13(3)8-7-12(14)15/h9-11H,4-8H2,1-3H3,(H,14,15). The molecule has 1 fully saturated rings. The summed E-state index contributed by atoms with van der Waals surface area (Å²) in [5.74, 6) is 0.770. The first-order valence-electron chi connectivity index (χ1n) is 5.94. The molecule has 0 saturated heterocycles. The van der Waals surface area contributed by atoms with Crippen molar-refractivity contribution >= 4 is 5.97 Å². The minimum absolute atomic E-state index is 0.258. The van der Waals surface area contributed by atoms with Crippen LogP contribution >= 0.6 is 0 Å². The van der Waals surface area contributed by atoms with Gasteiger partial charge in [0.25, 0.3) is 0 Å². The van der Waals surface area contributed by atoms with E-state index in [1.807, 2.05) is 0 Å². The summed E-state index contributed by atoms with van der Waals surface area (Å²) in [6.45, 7) is 5.28. The van der Waals surface area contributed by atoms with Crippen molar-refractivity contribution in [1.29, 1.82) is 0 Å². The first kappa shape index (κ1) is 12.5. The van der Waals surface area contributed by atoms with Crippen LogP contribution in [0.25, 0.3) is 0 Å². The van der Waals surface area contributed by atoms with Crippen LogP contribution in [0.5, 0.6) is 0 Å². The van der Waals surface area contributed by atoms with Crippen molar-refractivity contribution < 1.29 is 9.90 Å². The van der Waals surface area contributed by atoms with E-state index < -0.39 is 5.97 Å². The van der Waals surface area contributed by atoms with Gasteiger partial charge in [0.15, 0.2) is 0 Å². The zero-order chi connectivity index (χ0) is 11.4. The Morgan fingerprint density at radius 1 is 1.40 bits per heavy atom. The number of aliphatic carboxylic acids is 1. The maximum Gasteiger partial charge on any atom is 0.304 e. The number of rotatable bonds is 4. The molecule has 0 aromatic carbocycles. The molecule has 1 rings (SSSR count). The maximum absolute atomic E-state index is 10.5. The van der Waals surface area contributed by atoms with Gasteiger partial charge in [-0.05, 0) is 25.3 Å². The molecule has 1 N–H and O–H groups in total. The van der Waals surface area contributed by atoms with Gasteiger partial charge in [0.1, 0.15) is 0 Å². The third-order valence-electron chi connectivity index (χ3n) is 3.91. The van der Waals surface area contributed by atoms with Gasteiger partial charge < -0.3 is 10.0 Å². The predicted octanol–water partition coefficient (Wildman–Crippen LogP) is 2.22. The highest BCUT2D eigenvalue weighted by atomic mass is 16.4. The molecule has 0 amide bonds. The third kappa shape index (κ3) is 3.49. The normalized spacial score (nSPS) is 31.9. The van der Waals surface area contributed by atoms with Gasteiger partial charge in [-0.2, -0.15) is 0 Å². The van der Waals surface area contributed by atoms with Crippen LogP contribution in [0, 0.1) is 11.8 Å². The fraction of sp³-hybridized carbons (Fsp3) is 0.917. The topological polar surface area (TPSA) is 40.5 Å². The van der Waals surface area contributed by atoms with Crippen LogP contribution in [0.4, 0.5) is 0 Å². The molecule has 0 radical (unpaired) electrons. The quantitative estimate of drug-likeness (QED) is 0.778. The Morgan fingerprint density at radius 3 is 2.67 bits per heavy atom. The van der Waals surface area contributed by atoms with Crippen LogP contribution in [0.1, 0.15) is 39.5 Å². The minimum Gasteiger partial charge on any atom is -0.481 e. The van der Waals surface area contributed by atoms with E-state index in [0.29, 0.717) is 18.5 Å². The summed E-state index contributed by atoms with van der Waals surface area (Å²) in [5, 5.41) is 8.65. The Labute approximate surface area is 92.5 Å². The summed E-state index contributed by atoms with van der Waals surface area (Å²) in [6.07, 6.45) is 4.09. The highest BCUT2D eigenvalue weighted by Gasteiger charge is 2.29. The zero-order valence-electron chi connectivity index (χ0n) is 10.1. The lowest BCUT2D eigenvalue weighted by molar-refractivity contribution is -0.137. The Balaban J connectivity index is 2.43. The van der Waals surface area contributed by atoms with Crippen LogP contribution in [-0.2, 0) is 4.79 Å². The lowest BCUT2D eigenvalue weighted by Crippen LogP contribution is -2.42. The van der Waals surface area contributed by atoms with Crippen LogP contribution < -0.4 is 0 Å². The Hall–Kier alpha value is -0.570. The van der Waals surface area contributed by atoms with E-state index in [4.69, 9.17) is 5.11 Å². The van der Waals surface area contributed by atoms with E-state index in [1.54, 1.807) is 0 Å². The van der Waals surface area contributed by atoms with Gasteiger partial charge in [0.2, 0.25) is 0 Å². The predicted molar refractivity (Wildman–Crippen MR) is 60.8 cm³/mol. The molecular formula is C12H23NO2. The second kappa shape index (κ2) is 5.50. The number of carboxylic acids is 1. The van der Waals surface area contributed by atoms with Crippen molar-refractivity contribution in [2.75, 3.05) is 13.6 Å². The van der Waals surface area contributed by atoms with Crippen molar-refractivity contribution in [3.63, 3.8) is 0 Å². The largest absolute Gasteiger partial charge is 0.481 e. The van der Waals surface area contributed by atoms with Crippen molar-refractivity contribution in [3.05, 3.63) is 0 Å². The number of nitrogens with zero attached hydrogens (tertiary/aromatic N) is 1. The van der Waals surface area contributed by atoms with Gasteiger partial charge >= 0.3 is 5.97 Å². The van der Waals surface area contributed by atoms with Crippen molar-refractivity contribution in [3.8, 4) is 0 Å². The first-order valence-corrected chi connectivity index (χ1v) is 5.94. The second-order valence-corrected chi connectivity index (χ2v) is 4.96. The van der Waals surface area contributed by atoms with Crippen LogP contribution in [-0.4, -0.2) is 35.6 Å². The van der Waals surface area contributed by atoms with Crippen molar-refractivity contribution in [2.45, 2.75) is 45.6 Å². The van der Waals surface area contributed by atoms with E-state index in [0.717, 1.165) is 5.92 Å². The van der Waals surface area contributed by atoms with Gasteiger partial charge in [-0.3, -0.25) is 4.79 Å². The molecule has 1 aliphatic rings. The molecule has 88 valence electrons. The lowest BCUT2D eigenvalue weighted by Gasteiger charge is -2.39. The number of hydrogen-bond acceptors (Lipinski definition) is 2. The minimum atomic E-state index is -0.696. The molecule has 3 heteroatoms. The first-order chi connectivity index (χ1) is 7.02. The monoisotopic (exact) mass is 213 g/mol. The molecule has 0 aliphatic heterocycles. The van der Waals surface area contributed by atoms with E-state index in [-0.39, 0.29) is 6.42 Å². The summed E-state index contributed by atoms with van der Waals surface area (Å²) in [4.78, 5) is 12.7. The molecule has 0 aromatic heterocycles. The Kier molecular flexibility index (Phi) is 4.58. The van der Waals surface area contributed by atoms with Gasteiger partial charge in [-0.1, -0.05) is 26.7 Å². The molecule has 15 heavy (non-hydrogen) atoms. The smallest absolute Gasteiger partial charge is 0.304 e. The Morgan fingerprint density at radius 2 is 2.07 bits per heavy atom. The molecule has 1 aliphatic carbocycles. The third-order valence-corrected chi connectivity index (χ3v) is 3.91. The highest BCUT2D eigenvalue weighted by Crippen LogP contribution is 2.32. The van der Waals surface area contributed by atoms with Gasteiger partial charge in [0.05, 0.1) is 6.42 Å². The summed E-state index contributed by atoms with van der Waals surface area (Å²) < 4.78 is 0. The number of carboxylic acid groups (broad SMARTS) is 1. The molecule has 3 atom stereocenters. The summed E-state index contributed by atoms with van der Waals surface area (Å²) in [6, 6.07) is 0.577. The van der Waals surface area contributed by atoms with E-state index in [2.05, 4.69) is 25.8 Å². The molecule has 0 spiro atoms. The second-order valence-electron chi connectivity index (χ2n) is 4.96. The summed E-state index contributed by atoms with van der Waals surface area (Å²) in [7, 11) is 2.06. The maximum atomic E-state index is 10.5. The van der Waals surface area contributed by atoms with Gasteiger partial charge in [-0.25, -0.2) is 0 Å². The average Bonchev–Trinajstić information content (AvgIpc) is 2.18. The molecule has 1 saturated carbocycles. The fourth-order valence-electron chi connectivity index (χ4n) is 2.61. The van der Waals surface area contributed by atoms with E-state index in [9.17, 15) is 4.79 Å². The molecule has 0 aromatic rings. The van der Waals surface area contributed by atoms with Crippen molar-refractivity contribution in [2.24, 2.45) is 11.8 Å². The molecule has 0 heterocycles. The van der Waals surface area contributed by atoms with E-state index >= 15 is 0 Å². The lowest BCUT2D eigenvalue weighted by atomic mass is 9.77. The van der Waals surface area contributed by atoms with E-state index in [1.165, 1.54) is 19.3 Å². The average molecular weight is 213 g/mol. The molecule has 0 bridgehead atoms. The van der Waals surface area contributed by atoms with Gasteiger partial charge in [-0.15, -0.1) is 0 Å². The highest BCUT2D eigenvalue weighted by molar-refractivity contribution is 5.66. The number of carbonyl (C=O) groups is 1. The van der Waals surface area contributed by atoms with Crippen LogP contribution in [0.3, 0.4) is 0 Å². The SMILES string of the molecule is CC1CCCC(N(C)CCC(=O)O)C1C. The molecular weight excluding hydrogens is 190 g/mol. The summed E-state index contributed by atoms with van der Waals surface area (Å²) in [5.41, 5.74) is 0. The van der Waals surface area contributed by atoms with Crippen LogP contribution in [0.15, 0.2) is 0 Å². The molecule has 3 unspecified atom stereocenters. The summed E-state index contributed by atoms with van der Waals surface area (Å²) >= 11 is 0. The number of hydrogen-bond donors (Lipinski definition) is 1. The zero-order valence-corrected chi connectivity index (χ0v) is 10.1.